The van der Waals surface area contributed by atoms with Crippen LogP contribution in [-0.4, -0.2) is 30.7 Å². The molecule has 0 aliphatic heterocycles. The van der Waals surface area contributed by atoms with Crippen molar-refractivity contribution in [2.45, 2.75) is 96.8 Å². The van der Waals surface area contributed by atoms with Crippen LogP contribution in [0.3, 0.4) is 0 Å². The van der Waals surface area contributed by atoms with E-state index in [0.29, 0.717) is 0 Å². The lowest BCUT2D eigenvalue weighted by Crippen LogP contribution is -2.49. The Morgan fingerprint density at radius 3 is 1.12 bits per heavy atom. The summed E-state index contributed by atoms with van der Waals surface area (Å²) in [5, 5.41) is 0. The maximum absolute atomic E-state index is 3.94. The molecule has 1 heteroatoms. The van der Waals surface area contributed by atoms with Gasteiger partial charge in [-0.15, -0.1) is 0 Å². The van der Waals surface area contributed by atoms with E-state index in [1.54, 1.807) is 0 Å². The highest BCUT2D eigenvalue weighted by Gasteiger charge is 2.21. The maximum Gasteiger partial charge on any atom is 0.0975 e. The maximum atomic E-state index is 3.94. The Bertz CT molecular complexity index is 305. The molecule has 0 saturated heterocycles. The molecular formula is C25H48N+. The predicted molar refractivity (Wildman–Crippen MR) is 121 cm³/mol. The monoisotopic (exact) mass is 362 g/mol. The molecule has 0 bridgehead atoms. The van der Waals surface area contributed by atoms with Crippen LogP contribution in [0.25, 0.3) is 0 Å². The lowest BCUT2D eigenvalue weighted by atomic mass is 10.0. The van der Waals surface area contributed by atoms with Gasteiger partial charge < -0.3 is 4.48 Å². The van der Waals surface area contributed by atoms with E-state index < -0.39 is 0 Å². The third kappa shape index (κ3) is 14.4. The molecule has 0 radical (unpaired) electrons. The van der Waals surface area contributed by atoms with E-state index in [9.17, 15) is 0 Å². The molecule has 0 N–H and O–H groups in total. The molecule has 0 aliphatic rings. The zero-order chi connectivity index (χ0) is 19.3. The average Bonchev–Trinajstić information content (AvgIpc) is 2.63. The molecule has 0 rings (SSSR count). The predicted octanol–water partition coefficient (Wildman–Crippen LogP) is 7.84. The number of quaternary nitrogens is 1. The standard InChI is InChI=1S/C25H48N/c1-5-9-10-11-12-13-14-15-16-17-18-19-20-21-25-26(22-6-2,23-7-3)24-8-4/h6-8H,2-5,9-25H2,1H3/q+1. The average molecular weight is 363 g/mol. The Labute approximate surface area is 165 Å². The van der Waals surface area contributed by atoms with Crippen LogP contribution in [0.4, 0.5) is 0 Å². The largest absolute Gasteiger partial charge is 0.314 e. The third-order valence-electron chi connectivity index (χ3n) is 5.54. The van der Waals surface area contributed by atoms with Crippen molar-refractivity contribution < 1.29 is 4.48 Å². The van der Waals surface area contributed by atoms with E-state index >= 15 is 0 Å². The van der Waals surface area contributed by atoms with Crippen molar-refractivity contribution in [3.8, 4) is 0 Å². The van der Waals surface area contributed by atoms with E-state index in [1.807, 2.05) is 0 Å². The third-order valence-corrected chi connectivity index (χ3v) is 5.54. The minimum Gasteiger partial charge on any atom is -0.314 e. The topological polar surface area (TPSA) is 0 Å². The van der Waals surface area contributed by atoms with Crippen molar-refractivity contribution in [1.29, 1.82) is 0 Å². The summed E-state index contributed by atoms with van der Waals surface area (Å²) in [6, 6.07) is 0. The number of nitrogens with zero attached hydrogens (tertiary/aromatic N) is 1. The van der Waals surface area contributed by atoms with E-state index in [-0.39, 0.29) is 0 Å². The molecule has 0 spiro atoms. The van der Waals surface area contributed by atoms with E-state index in [2.05, 4.69) is 44.9 Å². The van der Waals surface area contributed by atoms with Gasteiger partial charge in [0.1, 0.15) is 0 Å². The smallest absolute Gasteiger partial charge is 0.0975 e. The first-order valence-electron chi connectivity index (χ1n) is 11.4. The molecule has 0 atom stereocenters. The highest BCUT2D eigenvalue weighted by Crippen LogP contribution is 2.15. The fourth-order valence-corrected chi connectivity index (χ4v) is 3.96. The Hall–Kier alpha value is -0.820. The highest BCUT2D eigenvalue weighted by molar-refractivity contribution is 4.76. The summed E-state index contributed by atoms with van der Waals surface area (Å²) in [5.74, 6) is 0. The van der Waals surface area contributed by atoms with Gasteiger partial charge in [0.2, 0.25) is 0 Å². The zero-order valence-electron chi connectivity index (χ0n) is 18.0. The molecule has 0 fully saturated rings. The second kappa shape index (κ2) is 19.0. The quantitative estimate of drug-likeness (QED) is 0.111. The van der Waals surface area contributed by atoms with Crippen LogP contribution >= 0.6 is 0 Å². The number of unbranched alkanes of at least 4 members (excludes halogenated alkanes) is 13. The summed E-state index contributed by atoms with van der Waals surface area (Å²) in [5.41, 5.74) is 0. The number of hydrogen-bond donors (Lipinski definition) is 0. The molecule has 1 nitrogen and oxygen atoms in total. The van der Waals surface area contributed by atoms with Gasteiger partial charge in [-0.3, -0.25) is 0 Å². The van der Waals surface area contributed by atoms with Crippen molar-refractivity contribution in [2.24, 2.45) is 0 Å². The Morgan fingerprint density at radius 1 is 0.500 bits per heavy atom. The molecule has 26 heavy (non-hydrogen) atoms. The fourth-order valence-electron chi connectivity index (χ4n) is 3.96. The fraction of sp³-hybridized carbons (Fsp3) is 0.760. The summed E-state index contributed by atoms with van der Waals surface area (Å²) in [7, 11) is 0. The first-order valence-corrected chi connectivity index (χ1v) is 11.4. The van der Waals surface area contributed by atoms with Gasteiger partial charge >= 0.3 is 0 Å². The van der Waals surface area contributed by atoms with Crippen LogP contribution < -0.4 is 0 Å². The van der Waals surface area contributed by atoms with Gasteiger partial charge in [-0.25, -0.2) is 0 Å². The summed E-state index contributed by atoms with van der Waals surface area (Å²) in [6.07, 6.45) is 26.0. The molecular weight excluding hydrogens is 314 g/mol. The van der Waals surface area contributed by atoms with Crippen LogP contribution in [0.5, 0.6) is 0 Å². The molecule has 0 aromatic carbocycles. The van der Waals surface area contributed by atoms with Crippen molar-refractivity contribution in [1.82, 2.24) is 0 Å². The SMILES string of the molecule is C=CC[N+](CC=C)(CC=C)CCCCCCCCCCCCCCCC. The van der Waals surface area contributed by atoms with Gasteiger partial charge in [0.15, 0.2) is 0 Å². The van der Waals surface area contributed by atoms with E-state index in [0.717, 1.165) is 24.1 Å². The van der Waals surface area contributed by atoms with Crippen LogP contribution in [0.2, 0.25) is 0 Å². The summed E-state index contributed by atoms with van der Waals surface area (Å²) in [4.78, 5) is 0. The molecule has 0 amide bonds. The van der Waals surface area contributed by atoms with Crippen LogP contribution in [0.1, 0.15) is 96.8 Å². The highest BCUT2D eigenvalue weighted by atomic mass is 15.3. The van der Waals surface area contributed by atoms with Crippen LogP contribution in [-0.2, 0) is 0 Å². The first-order chi connectivity index (χ1) is 12.7. The second-order valence-electron chi connectivity index (χ2n) is 8.08. The lowest BCUT2D eigenvalue weighted by Gasteiger charge is -2.36. The summed E-state index contributed by atoms with van der Waals surface area (Å²) >= 11 is 0. The van der Waals surface area contributed by atoms with Crippen molar-refractivity contribution in [3.63, 3.8) is 0 Å². The first kappa shape index (κ1) is 25.2. The van der Waals surface area contributed by atoms with Gasteiger partial charge in [0.05, 0.1) is 26.2 Å². The van der Waals surface area contributed by atoms with Gasteiger partial charge in [-0.05, 0) is 31.1 Å². The molecule has 0 aromatic rings. The molecule has 0 aromatic heterocycles. The molecule has 0 unspecified atom stereocenters. The zero-order valence-corrected chi connectivity index (χ0v) is 18.0. The minimum atomic E-state index is 1.02. The van der Waals surface area contributed by atoms with Gasteiger partial charge in [-0.1, -0.05) is 104 Å². The van der Waals surface area contributed by atoms with Gasteiger partial charge in [0.25, 0.3) is 0 Å². The van der Waals surface area contributed by atoms with E-state index in [1.165, 1.54) is 96.4 Å². The van der Waals surface area contributed by atoms with Crippen molar-refractivity contribution in [2.75, 3.05) is 26.2 Å². The van der Waals surface area contributed by atoms with Crippen molar-refractivity contribution in [3.05, 3.63) is 38.0 Å². The molecule has 0 aliphatic carbocycles. The number of hydrogen-bond acceptors (Lipinski definition) is 0. The van der Waals surface area contributed by atoms with Crippen LogP contribution in [0.15, 0.2) is 38.0 Å². The number of rotatable bonds is 21. The summed E-state index contributed by atoms with van der Waals surface area (Å²) in [6.45, 7) is 18.4. The molecule has 0 saturated carbocycles. The minimum absolute atomic E-state index is 1.02. The Kier molecular flexibility index (Phi) is 18.4. The van der Waals surface area contributed by atoms with Gasteiger partial charge in [-0.2, -0.15) is 0 Å². The Morgan fingerprint density at radius 2 is 0.808 bits per heavy atom. The van der Waals surface area contributed by atoms with E-state index in [4.69, 9.17) is 0 Å². The normalized spacial score (nSPS) is 11.4. The molecule has 152 valence electrons. The summed E-state index contributed by atoms with van der Waals surface area (Å²) < 4.78 is 1.05. The van der Waals surface area contributed by atoms with Gasteiger partial charge in [0, 0.05) is 0 Å². The lowest BCUT2D eigenvalue weighted by molar-refractivity contribution is -0.912. The second-order valence-corrected chi connectivity index (χ2v) is 8.08. The van der Waals surface area contributed by atoms with Crippen LogP contribution in [0, 0.1) is 0 Å². The van der Waals surface area contributed by atoms with Crippen molar-refractivity contribution >= 4 is 0 Å². The Balaban J connectivity index is 3.57. The molecule has 0 heterocycles.